The Balaban J connectivity index is 1.08. The van der Waals surface area contributed by atoms with Crippen LogP contribution in [0.15, 0.2) is 42.5 Å². The number of piperidine rings is 1. The van der Waals surface area contributed by atoms with E-state index in [0.717, 1.165) is 65.9 Å². The molecule has 2 aromatic carbocycles. The van der Waals surface area contributed by atoms with E-state index in [-0.39, 0.29) is 17.0 Å². The van der Waals surface area contributed by atoms with Crippen molar-refractivity contribution in [2.24, 2.45) is 0 Å². The largest absolute Gasteiger partial charge is 0.487 e. The van der Waals surface area contributed by atoms with Crippen LogP contribution in [-0.2, 0) is 16.6 Å². The van der Waals surface area contributed by atoms with Crippen molar-refractivity contribution in [2.75, 3.05) is 49.6 Å². The molecular weight excluding hydrogens is 498 g/mol. The third-order valence-corrected chi connectivity index (χ3v) is 8.48. The number of nitrogens with one attached hydrogen (secondary N) is 1. The van der Waals surface area contributed by atoms with Crippen LogP contribution in [0.4, 0.5) is 15.6 Å². The number of fused-ring (bicyclic) bond motifs is 1. The summed E-state index contributed by atoms with van der Waals surface area (Å²) < 4.78 is 16.5. The van der Waals surface area contributed by atoms with Crippen molar-refractivity contribution < 1.29 is 14.3 Å². The van der Waals surface area contributed by atoms with Crippen LogP contribution < -0.4 is 15.0 Å². The molecule has 4 heterocycles. The highest BCUT2D eigenvalue weighted by Crippen LogP contribution is 2.43. The van der Waals surface area contributed by atoms with Gasteiger partial charge in [-0.05, 0) is 41.0 Å². The standard InChI is InChI=1S/C29H35N5O3S/c1-28(2,3)25-31-27(38-32-25)34-12-10-29(11-13-34)19-22-18-21(6-9-24(22)37-29)20-4-7-23(8-5-20)30-26(35)33-14-16-36-17-15-33/h4-9,18H,10-17,19H2,1-3H3,(H,30,35). The lowest BCUT2D eigenvalue weighted by molar-refractivity contribution is 0.0564. The fourth-order valence-corrected chi connectivity index (χ4v) is 6.27. The zero-order chi connectivity index (χ0) is 26.3. The SMILES string of the molecule is CC(C)(C)c1nsc(N2CCC3(CC2)Cc2cc(-c4ccc(NC(=O)N5CCOCC5)cc4)ccc2O3)n1. The Kier molecular flexibility index (Phi) is 6.52. The highest BCUT2D eigenvalue weighted by Gasteiger charge is 2.42. The molecule has 200 valence electrons. The summed E-state index contributed by atoms with van der Waals surface area (Å²) in [6, 6.07) is 14.5. The van der Waals surface area contributed by atoms with Gasteiger partial charge in [0.15, 0.2) is 0 Å². The van der Waals surface area contributed by atoms with Crippen LogP contribution in [0.25, 0.3) is 11.1 Å². The molecule has 38 heavy (non-hydrogen) atoms. The summed E-state index contributed by atoms with van der Waals surface area (Å²) in [4.78, 5) is 21.4. The summed E-state index contributed by atoms with van der Waals surface area (Å²) in [5.41, 5.74) is 4.19. The Hall–Kier alpha value is -3.17. The van der Waals surface area contributed by atoms with E-state index in [1.54, 1.807) is 4.90 Å². The van der Waals surface area contributed by atoms with Gasteiger partial charge >= 0.3 is 6.03 Å². The molecule has 1 N–H and O–H groups in total. The first-order valence-electron chi connectivity index (χ1n) is 13.4. The molecule has 1 aromatic heterocycles. The molecule has 2 saturated heterocycles. The number of urea groups is 1. The van der Waals surface area contributed by atoms with Crippen LogP contribution in [0.5, 0.6) is 5.75 Å². The number of aromatic nitrogens is 2. The van der Waals surface area contributed by atoms with Gasteiger partial charge in [-0.25, -0.2) is 9.78 Å². The highest BCUT2D eigenvalue weighted by molar-refractivity contribution is 7.09. The fourth-order valence-electron chi connectivity index (χ4n) is 5.36. The number of ether oxygens (including phenoxy) is 2. The first-order chi connectivity index (χ1) is 18.3. The summed E-state index contributed by atoms with van der Waals surface area (Å²) in [5.74, 6) is 1.92. The summed E-state index contributed by atoms with van der Waals surface area (Å²) >= 11 is 1.51. The molecule has 2 fully saturated rings. The maximum absolute atomic E-state index is 12.5. The third-order valence-electron chi connectivity index (χ3n) is 7.70. The first-order valence-corrected chi connectivity index (χ1v) is 14.2. The van der Waals surface area contributed by atoms with Gasteiger partial charge in [-0.15, -0.1) is 0 Å². The van der Waals surface area contributed by atoms with Gasteiger partial charge in [-0.3, -0.25) is 0 Å². The number of hydrogen-bond acceptors (Lipinski definition) is 7. The van der Waals surface area contributed by atoms with E-state index in [1.807, 2.05) is 12.1 Å². The molecule has 0 bridgehead atoms. The van der Waals surface area contributed by atoms with Gasteiger partial charge in [-0.2, -0.15) is 4.37 Å². The Morgan fingerprint density at radius 1 is 1.00 bits per heavy atom. The summed E-state index contributed by atoms with van der Waals surface area (Å²) in [7, 11) is 0. The van der Waals surface area contributed by atoms with Crippen molar-refractivity contribution in [3.05, 3.63) is 53.9 Å². The summed E-state index contributed by atoms with van der Waals surface area (Å²) in [5, 5.41) is 4.02. The van der Waals surface area contributed by atoms with Gasteiger partial charge in [-0.1, -0.05) is 39.0 Å². The lowest BCUT2D eigenvalue weighted by atomic mass is 9.86. The predicted octanol–water partition coefficient (Wildman–Crippen LogP) is 5.34. The quantitative estimate of drug-likeness (QED) is 0.490. The van der Waals surface area contributed by atoms with Gasteiger partial charge in [0.2, 0.25) is 5.13 Å². The van der Waals surface area contributed by atoms with Gasteiger partial charge in [0, 0.05) is 68.1 Å². The van der Waals surface area contributed by atoms with E-state index in [9.17, 15) is 4.79 Å². The lowest BCUT2D eigenvalue weighted by Crippen LogP contribution is -2.47. The van der Waals surface area contributed by atoms with Crippen LogP contribution in [-0.4, -0.2) is 65.3 Å². The van der Waals surface area contributed by atoms with Crippen molar-refractivity contribution in [1.82, 2.24) is 14.3 Å². The first kappa shape index (κ1) is 25.1. The molecule has 9 heteroatoms. The molecule has 3 aliphatic heterocycles. The van der Waals surface area contributed by atoms with Crippen LogP contribution in [0, 0.1) is 0 Å². The Morgan fingerprint density at radius 2 is 1.71 bits per heavy atom. The van der Waals surface area contributed by atoms with Crippen LogP contribution >= 0.6 is 11.5 Å². The monoisotopic (exact) mass is 533 g/mol. The maximum atomic E-state index is 12.5. The molecule has 0 unspecified atom stereocenters. The number of anilines is 2. The Morgan fingerprint density at radius 3 is 2.39 bits per heavy atom. The number of amides is 2. The molecule has 3 aliphatic rings. The number of carbonyl (C=O) groups is 1. The molecular formula is C29H35N5O3S. The molecule has 2 amide bonds. The normalized spacial score (nSPS) is 18.8. The number of benzene rings is 2. The zero-order valence-corrected chi connectivity index (χ0v) is 23.1. The van der Waals surface area contributed by atoms with Crippen LogP contribution in [0.2, 0.25) is 0 Å². The molecule has 3 aromatic rings. The van der Waals surface area contributed by atoms with Crippen molar-refractivity contribution in [3.8, 4) is 16.9 Å². The number of nitrogens with zero attached hydrogens (tertiary/aromatic N) is 4. The minimum Gasteiger partial charge on any atom is -0.487 e. The topological polar surface area (TPSA) is 79.8 Å². The molecule has 6 rings (SSSR count). The molecule has 8 nitrogen and oxygen atoms in total. The second-order valence-corrected chi connectivity index (χ2v) is 12.3. The molecule has 1 spiro atoms. The number of morpholine rings is 1. The van der Waals surface area contributed by atoms with Crippen LogP contribution in [0.3, 0.4) is 0 Å². The molecule has 0 atom stereocenters. The fraction of sp³-hybridized carbons (Fsp3) is 0.483. The Labute approximate surface area is 228 Å². The van der Waals surface area contributed by atoms with Gasteiger partial charge in [0.05, 0.1) is 13.2 Å². The van der Waals surface area contributed by atoms with E-state index >= 15 is 0 Å². The maximum Gasteiger partial charge on any atom is 0.321 e. The predicted molar refractivity (Wildman–Crippen MR) is 150 cm³/mol. The van der Waals surface area contributed by atoms with Crippen LogP contribution in [0.1, 0.15) is 45.0 Å². The number of rotatable bonds is 3. The zero-order valence-electron chi connectivity index (χ0n) is 22.3. The average Bonchev–Trinajstić information content (AvgIpc) is 3.55. The minimum absolute atomic E-state index is 0.0309. The smallest absolute Gasteiger partial charge is 0.321 e. The van der Waals surface area contributed by atoms with Gasteiger partial charge in [0.1, 0.15) is 17.2 Å². The van der Waals surface area contributed by atoms with Crippen molar-refractivity contribution in [3.63, 3.8) is 0 Å². The van der Waals surface area contributed by atoms with E-state index in [0.29, 0.717) is 26.3 Å². The molecule has 0 aliphatic carbocycles. The van der Waals surface area contributed by atoms with Gasteiger partial charge in [0.25, 0.3) is 0 Å². The minimum atomic E-state index is -0.136. The lowest BCUT2D eigenvalue weighted by Gasteiger charge is -2.38. The third kappa shape index (κ3) is 5.09. The van der Waals surface area contributed by atoms with E-state index in [4.69, 9.17) is 14.5 Å². The second kappa shape index (κ2) is 9.85. The van der Waals surface area contributed by atoms with Gasteiger partial charge < -0.3 is 24.6 Å². The number of carbonyl (C=O) groups excluding carboxylic acids is 1. The summed E-state index contributed by atoms with van der Waals surface area (Å²) in [6.07, 6.45) is 2.87. The van der Waals surface area contributed by atoms with Crippen molar-refractivity contribution in [2.45, 2.75) is 51.0 Å². The highest BCUT2D eigenvalue weighted by atomic mass is 32.1. The average molecular weight is 534 g/mol. The van der Waals surface area contributed by atoms with E-state index in [2.05, 4.69) is 65.7 Å². The van der Waals surface area contributed by atoms with Crippen molar-refractivity contribution in [1.29, 1.82) is 0 Å². The second-order valence-electron chi connectivity index (χ2n) is 11.5. The molecule has 0 saturated carbocycles. The number of hydrogen-bond donors (Lipinski definition) is 1. The Bertz CT molecular complexity index is 1300. The summed E-state index contributed by atoms with van der Waals surface area (Å²) in [6.45, 7) is 10.8. The molecule has 0 radical (unpaired) electrons. The van der Waals surface area contributed by atoms with E-state index < -0.39 is 0 Å². The van der Waals surface area contributed by atoms with E-state index in [1.165, 1.54) is 17.1 Å². The van der Waals surface area contributed by atoms with Crippen molar-refractivity contribution >= 4 is 28.4 Å².